The van der Waals surface area contributed by atoms with Crippen molar-refractivity contribution in [2.24, 2.45) is 5.14 Å². The Bertz CT molecular complexity index is 4720. The molecule has 0 unspecified atom stereocenters. The Kier molecular flexibility index (Phi) is 25.5. The van der Waals surface area contributed by atoms with Crippen molar-refractivity contribution >= 4 is 112 Å². The van der Waals surface area contributed by atoms with Crippen molar-refractivity contribution in [1.29, 1.82) is 0 Å². The molecular formula is C67H80Cl3N7O19S6. The van der Waals surface area contributed by atoms with Crippen LogP contribution in [0.5, 0.6) is 17.2 Å². The van der Waals surface area contributed by atoms with Crippen molar-refractivity contribution in [1.82, 2.24) is 29.1 Å². The lowest BCUT2D eigenvalue weighted by Gasteiger charge is -2.15. The number of sulfone groups is 2. The number of benzene rings is 3. The number of fused-ring (bicyclic) bond motifs is 6. The van der Waals surface area contributed by atoms with Crippen molar-refractivity contribution in [3.05, 3.63) is 139 Å². The predicted octanol–water partition coefficient (Wildman–Crippen LogP) is 5.89. The monoisotopic (exact) mass is 1580 g/mol. The number of hydrogen-bond donors (Lipinski definition) is 4. The number of nitrogens with one attached hydrogen (secondary N) is 3. The molecule has 0 fully saturated rings. The van der Waals surface area contributed by atoms with Crippen LogP contribution in [0.1, 0.15) is 123 Å². The van der Waals surface area contributed by atoms with Crippen molar-refractivity contribution in [3.63, 3.8) is 0 Å². The number of ketones is 2. The maximum Gasteiger partial charge on any atom is 0.310 e. The second-order valence-electron chi connectivity index (χ2n) is 25.0. The quantitative estimate of drug-likeness (QED) is 0.0429. The van der Waals surface area contributed by atoms with E-state index < -0.39 is 86.6 Å². The van der Waals surface area contributed by atoms with E-state index in [4.69, 9.17) is 73.8 Å². The average Bonchev–Trinajstić information content (AvgIpc) is 1.56. The molecule has 0 aliphatic heterocycles. The summed E-state index contributed by atoms with van der Waals surface area (Å²) in [5.74, 6) is -2.82. The number of Topliss-reactive ketones (excluding diaryl/α,β-unsaturated/α-hetero) is 2. The molecule has 6 aliphatic carbocycles. The number of pyridine rings is 3. The molecule has 0 spiro atoms. The number of primary sulfonamides is 1. The van der Waals surface area contributed by atoms with Crippen LogP contribution >= 0.6 is 34.8 Å². The molecule has 0 saturated heterocycles. The minimum Gasteiger partial charge on any atom is -0.495 e. The van der Waals surface area contributed by atoms with Crippen LogP contribution in [0, 0.1) is 0 Å². The molecule has 0 bridgehead atoms. The molecule has 0 radical (unpaired) electrons. The summed E-state index contributed by atoms with van der Waals surface area (Å²) in [5.41, 5.74) is 16.6. The Hall–Kier alpha value is -6.27. The lowest BCUT2D eigenvalue weighted by Crippen LogP contribution is -2.21. The zero-order valence-corrected chi connectivity index (χ0v) is 64.1. The molecule has 0 atom stereocenters. The Labute approximate surface area is 610 Å². The van der Waals surface area contributed by atoms with E-state index in [0.29, 0.717) is 0 Å². The largest absolute Gasteiger partial charge is 0.495 e. The third-order valence-corrected chi connectivity index (χ3v) is 27.3. The zero-order valence-electron chi connectivity index (χ0n) is 56.9. The number of halogens is 3. The van der Waals surface area contributed by atoms with E-state index in [2.05, 4.69) is 14.2 Å². The van der Waals surface area contributed by atoms with Gasteiger partial charge in [-0.3, -0.25) is 29.3 Å². The molecule has 6 aromatic rings. The average molecular weight is 1590 g/mol. The van der Waals surface area contributed by atoms with Gasteiger partial charge in [0.1, 0.15) is 50.0 Å². The van der Waals surface area contributed by atoms with Crippen molar-refractivity contribution in [2.75, 3.05) is 60.6 Å². The molecule has 3 heterocycles. The van der Waals surface area contributed by atoms with E-state index in [9.17, 15) is 64.9 Å². The Morgan fingerprint density at radius 2 is 0.686 bits per heavy atom. The van der Waals surface area contributed by atoms with Crippen LogP contribution in [0.4, 0.5) is 0 Å². The highest BCUT2D eigenvalue weighted by Gasteiger charge is 2.34. The molecule has 35 heteroatoms. The third kappa shape index (κ3) is 18.7. The Morgan fingerprint density at radius 1 is 0.422 bits per heavy atom. The lowest BCUT2D eigenvalue weighted by molar-refractivity contribution is -0.142. The normalized spacial score (nSPS) is 15.2. The van der Waals surface area contributed by atoms with E-state index in [1.165, 1.54) is 89.3 Å². The Morgan fingerprint density at radius 3 is 0.941 bits per heavy atom. The number of carbonyl (C=O) groups is 3. The molecule has 3 aromatic heterocycles. The molecule has 102 heavy (non-hydrogen) atoms. The topological polar surface area (TPSA) is 394 Å². The van der Waals surface area contributed by atoms with Crippen molar-refractivity contribution in [2.45, 2.75) is 168 Å². The summed E-state index contributed by atoms with van der Waals surface area (Å²) >= 11 is 16.8. The number of carbonyl (C=O) groups excluding carboxylic acids is 3. The summed E-state index contributed by atoms with van der Waals surface area (Å²) in [7, 11) is -15.7. The molecular weight excluding hydrogens is 1510 g/mol. The number of aromatic nitrogens is 3. The summed E-state index contributed by atoms with van der Waals surface area (Å²) in [6.07, 6.45) is 17.8. The first-order valence-electron chi connectivity index (χ1n) is 32.6. The molecule has 3 aromatic carbocycles. The minimum atomic E-state index is -4.02. The summed E-state index contributed by atoms with van der Waals surface area (Å²) < 4.78 is 171. The molecule has 0 amide bonds. The fourth-order valence-corrected chi connectivity index (χ4v) is 19.6. The molecule has 0 saturated carbocycles. The van der Waals surface area contributed by atoms with Crippen LogP contribution in [0.15, 0.2) is 84.0 Å². The Balaban J connectivity index is 0.000000163. The number of aryl methyl sites for hydroxylation is 6. The van der Waals surface area contributed by atoms with Gasteiger partial charge in [0, 0.05) is 65.2 Å². The highest BCUT2D eigenvalue weighted by atomic mass is 35.6. The lowest BCUT2D eigenvalue weighted by atomic mass is 9.96. The second-order valence-corrected chi connectivity index (χ2v) is 38.6. The van der Waals surface area contributed by atoms with Gasteiger partial charge >= 0.3 is 5.97 Å². The molecule has 5 N–H and O–H groups in total. The zero-order chi connectivity index (χ0) is 74.5. The summed E-state index contributed by atoms with van der Waals surface area (Å²) in [5, 5.41) is 4.95. The minimum absolute atomic E-state index is 0.0704. The van der Waals surface area contributed by atoms with Crippen LogP contribution in [-0.2, 0) is 175 Å². The van der Waals surface area contributed by atoms with E-state index in [0.717, 1.165) is 208 Å². The van der Waals surface area contributed by atoms with Crippen LogP contribution in [0.3, 0.4) is 0 Å². The summed E-state index contributed by atoms with van der Waals surface area (Å²) in [4.78, 5) is 51.2. The number of esters is 1. The van der Waals surface area contributed by atoms with E-state index >= 15 is 0 Å². The summed E-state index contributed by atoms with van der Waals surface area (Å²) in [6.45, 7) is -0.216. The van der Waals surface area contributed by atoms with Crippen LogP contribution in [0.2, 0.25) is 0 Å². The second kappa shape index (κ2) is 32.6. The number of ether oxygens (including phenoxy) is 4. The van der Waals surface area contributed by atoms with Gasteiger partial charge in [0.25, 0.3) is 0 Å². The smallest absolute Gasteiger partial charge is 0.310 e. The highest BCUT2D eigenvalue weighted by Crippen LogP contribution is 2.38. The maximum atomic E-state index is 13.0. The summed E-state index contributed by atoms with van der Waals surface area (Å²) in [6, 6.07) is 10.3. The number of sulfonamides is 4. The number of hydrogen-bond acceptors (Lipinski definition) is 22. The first kappa shape index (κ1) is 79.8. The number of rotatable bonds is 23. The number of nitrogens with two attached hydrogens (primary N) is 1. The van der Waals surface area contributed by atoms with Gasteiger partial charge in [-0.15, -0.1) is 0 Å². The van der Waals surface area contributed by atoms with Gasteiger partial charge in [-0.25, -0.2) is 69.8 Å². The highest BCUT2D eigenvalue weighted by molar-refractivity contribution is 7.93. The van der Waals surface area contributed by atoms with Crippen molar-refractivity contribution in [3.8, 4) is 17.2 Å². The first-order valence-corrected chi connectivity index (χ1v) is 43.1. The van der Waals surface area contributed by atoms with E-state index in [1.54, 1.807) is 0 Å². The van der Waals surface area contributed by atoms with Crippen LogP contribution in [0.25, 0.3) is 0 Å². The first-order chi connectivity index (χ1) is 48.0. The van der Waals surface area contributed by atoms with Gasteiger partial charge in [-0.05, 0) is 223 Å². The molecule has 6 aliphatic rings. The van der Waals surface area contributed by atoms with E-state index in [-0.39, 0.29) is 78.5 Å². The van der Waals surface area contributed by atoms with Gasteiger partial charge in [0.05, 0.1) is 42.4 Å². The SMILES string of the molecule is CNS(=O)(=O)c1ccc(S(=O)(=O)CC(=O)Cc2c3c(nc4c2CCC4)CCC3)c(OC)c1.CNS(=O)(=O)c1ccc(S(=O)(=O)CC(=O)Cc2c3c(nc4c2CCC4)CCC3)c(OC)c1.CNS(=O)(=O)c1ccc(S(N)(=O)=O)c(OC)c1.O=C(Cc1c2c(nc3c1CCC3)CCC2)OCC(Cl)(Cl)Cl. The van der Waals surface area contributed by atoms with Gasteiger partial charge < -0.3 is 18.9 Å². The van der Waals surface area contributed by atoms with Gasteiger partial charge in [-0.1, -0.05) is 34.8 Å². The maximum absolute atomic E-state index is 13.0. The van der Waals surface area contributed by atoms with Gasteiger partial charge in [-0.2, -0.15) is 0 Å². The molecule has 12 rings (SSSR count). The third-order valence-electron chi connectivity index (χ3n) is 18.4. The standard InChI is InChI=1S/2C22H26N2O6S2.C15H16Cl3NO2.C8H12N2O5S2/c2*1-23-32(28,29)15-9-10-22(21(12-15)30-2)31(26,27)13-14(25)11-18-16-5-3-7-19(16)24-20-8-4-6-17(18)20;16-15(17,18)8-21-14(20)7-11-9-3-1-5-12(9)19-13-6-2-4-10(11)13;1-10-17(13,14)6-3-4-8(16(9,11)12)7(5-6)15-2/h2*9-10,12,23H,3-8,11,13H2,1-2H3;1-8H2;3-5,10H,1-2H3,(H2,9,11,12). The number of methoxy groups -OCH3 is 3. The molecule has 26 nitrogen and oxygen atoms in total. The van der Waals surface area contributed by atoms with Gasteiger partial charge in [0.2, 0.25) is 43.9 Å². The van der Waals surface area contributed by atoms with Crippen LogP contribution < -0.4 is 33.5 Å². The number of nitrogens with zero attached hydrogens (tertiary/aromatic N) is 3. The fourth-order valence-electron chi connectivity index (χ4n) is 13.7. The number of alkyl halides is 3. The predicted molar refractivity (Wildman–Crippen MR) is 380 cm³/mol. The molecule has 554 valence electrons. The fraction of sp³-hybridized carbons (Fsp3) is 0.463. The van der Waals surface area contributed by atoms with Crippen molar-refractivity contribution < 1.29 is 83.8 Å². The van der Waals surface area contributed by atoms with E-state index in [1.807, 2.05) is 0 Å². The van der Waals surface area contributed by atoms with Gasteiger partial charge in [0.15, 0.2) is 31.2 Å². The van der Waals surface area contributed by atoms with Crippen LogP contribution in [-0.4, -0.2) is 147 Å².